The van der Waals surface area contributed by atoms with Crippen LogP contribution in [0.4, 0.5) is 11.4 Å². The third-order valence-corrected chi connectivity index (χ3v) is 5.41. The van der Waals surface area contributed by atoms with E-state index in [0.29, 0.717) is 24.5 Å². The topological polar surface area (TPSA) is 62.3 Å². The SMILES string of the molecule is COc1ccccc1N1CCN(C(=O)CN2C(=O)COc3cc(C)ccc32)CC1. The lowest BCUT2D eigenvalue weighted by atomic mass is 10.1. The van der Waals surface area contributed by atoms with Gasteiger partial charge in [0.1, 0.15) is 18.0 Å². The van der Waals surface area contributed by atoms with Crippen LogP contribution in [-0.4, -0.2) is 63.2 Å². The standard InChI is InChI=1S/C22H25N3O4/c1-16-7-8-18-20(13-16)29-15-22(27)25(18)14-21(26)24-11-9-23(10-12-24)17-5-3-4-6-19(17)28-2/h3-8,13H,9-12,14-15H2,1-2H3. The van der Waals surface area contributed by atoms with E-state index in [4.69, 9.17) is 9.47 Å². The number of nitrogens with zero attached hydrogens (tertiary/aromatic N) is 3. The van der Waals surface area contributed by atoms with Gasteiger partial charge in [-0.15, -0.1) is 0 Å². The van der Waals surface area contributed by atoms with E-state index in [0.717, 1.165) is 30.1 Å². The molecule has 2 aromatic rings. The number of hydrogen-bond acceptors (Lipinski definition) is 5. The largest absolute Gasteiger partial charge is 0.495 e. The van der Waals surface area contributed by atoms with Crippen molar-refractivity contribution in [1.29, 1.82) is 0 Å². The minimum Gasteiger partial charge on any atom is -0.495 e. The number of para-hydroxylation sites is 2. The van der Waals surface area contributed by atoms with Gasteiger partial charge in [-0.3, -0.25) is 14.5 Å². The van der Waals surface area contributed by atoms with Gasteiger partial charge in [0.2, 0.25) is 5.91 Å². The lowest BCUT2D eigenvalue weighted by Gasteiger charge is -2.38. The molecule has 7 nitrogen and oxygen atoms in total. The lowest BCUT2D eigenvalue weighted by Crippen LogP contribution is -2.53. The van der Waals surface area contributed by atoms with Gasteiger partial charge < -0.3 is 19.3 Å². The zero-order valence-corrected chi connectivity index (χ0v) is 16.8. The number of anilines is 2. The maximum Gasteiger partial charge on any atom is 0.265 e. The molecule has 2 aliphatic heterocycles. The molecule has 0 bridgehead atoms. The van der Waals surface area contributed by atoms with Gasteiger partial charge in [-0.2, -0.15) is 0 Å². The van der Waals surface area contributed by atoms with Crippen LogP contribution in [0.15, 0.2) is 42.5 Å². The highest BCUT2D eigenvalue weighted by molar-refractivity contribution is 6.02. The first-order valence-electron chi connectivity index (χ1n) is 9.76. The van der Waals surface area contributed by atoms with Crippen molar-refractivity contribution >= 4 is 23.2 Å². The van der Waals surface area contributed by atoms with E-state index in [1.807, 2.05) is 54.3 Å². The summed E-state index contributed by atoms with van der Waals surface area (Å²) in [4.78, 5) is 30.9. The van der Waals surface area contributed by atoms with Crippen LogP contribution >= 0.6 is 0 Å². The summed E-state index contributed by atoms with van der Waals surface area (Å²) in [5, 5.41) is 0. The molecular formula is C22H25N3O4. The summed E-state index contributed by atoms with van der Waals surface area (Å²) in [6.07, 6.45) is 0. The van der Waals surface area contributed by atoms with Crippen LogP contribution in [0, 0.1) is 6.92 Å². The molecule has 0 radical (unpaired) electrons. The van der Waals surface area contributed by atoms with Crippen molar-refractivity contribution in [2.24, 2.45) is 0 Å². The summed E-state index contributed by atoms with van der Waals surface area (Å²) >= 11 is 0. The van der Waals surface area contributed by atoms with Gasteiger partial charge in [0, 0.05) is 26.2 Å². The summed E-state index contributed by atoms with van der Waals surface area (Å²) in [6.45, 7) is 4.62. The molecule has 0 N–H and O–H groups in total. The van der Waals surface area contributed by atoms with Gasteiger partial charge in [-0.25, -0.2) is 0 Å². The number of rotatable bonds is 4. The van der Waals surface area contributed by atoms with Crippen molar-refractivity contribution in [2.75, 3.05) is 56.2 Å². The van der Waals surface area contributed by atoms with E-state index in [9.17, 15) is 9.59 Å². The minimum atomic E-state index is -0.192. The number of carbonyl (C=O) groups excluding carboxylic acids is 2. The van der Waals surface area contributed by atoms with Gasteiger partial charge in [-0.1, -0.05) is 18.2 Å². The highest BCUT2D eigenvalue weighted by atomic mass is 16.5. The van der Waals surface area contributed by atoms with Crippen LogP contribution < -0.4 is 19.3 Å². The molecule has 0 atom stereocenters. The molecule has 2 aliphatic rings. The second kappa shape index (κ2) is 8.03. The average Bonchev–Trinajstić information content (AvgIpc) is 2.75. The second-order valence-electron chi connectivity index (χ2n) is 7.28. The van der Waals surface area contributed by atoms with Gasteiger partial charge >= 0.3 is 0 Å². The molecule has 0 unspecified atom stereocenters. The lowest BCUT2D eigenvalue weighted by molar-refractivity contribution is -0.132. The predicted octanol–water partition coefficient (Wildman–Crippen LogP) is 2.08. The molecule has 2 amide bonds. The van der Waals surface area contributed by atoms with Crippen LogP contribution in [0.2, 0.25) is 0 Å². The van der Waals surface area contributed by atoms with E-state index < -0.39 is 0 Å². The number of carbonyl (C=O) groups is 2. The van der Waals surface area contributed by atoms with Crippen LogP contribution in [0.1, 0.15) is 5.56 Å². The fourth-order valence-electron chi connectivity index (χ4n) is 3.81. The zero-order chi connectivity index (χ0) is 20.4. The number of aryl methyl sites for hydroxylation is 1. The summed E-state index contributed by atoms with van der Waals surface area (Å²) in [5.74, 6) is 1.24. The third-order valence-electron chi connectivity index (χ3n) is 5.41. The first-order chi connectivity index (χ1) is 14.1. The molecule has 0 aromatic heterocycles. The summed E-state index contributed by atoms with van der Waals surface area (Å²) in [7, 11) is 1.66. The van der Waals surface area contributed by atoms with Crippen LogP contribution in [-0.2, 0) is 9.59 Å². The molecule has 1 saturated heterocycles. The number of ether oxygens (including phenoxy) is 2. The third kappa shape index (κ3) is 3.85. The Bertz CT molecular complexity index is 922. The molecule has 0 saturated carbocycles. The molecule has 1 fully saturated rings. The summed E-state index contributed by atoms with van der Waals surface area (Å²) in [6, 6.07) is 13.6. The van der Waals surface area contributed by atoms with Crippen LogP contribution in [0.3, 0.4) is 0 Å². The molecule has 29 heavy (non-hydrogen) atoms. The fourth-order valence-corrected chi connectivity index (χ4v) is 3.81. The van der Waals surface area contributed by atoms with E-state index in [1.54, 1.807) is 7.11 Å². The molecule has 0 spiro atoms. The molecule has 4 rings (SSSR count). The van der Waals surface area contributed by atoms with E-state index in [1.165, 1.54) is 4.90 Å². The number of methoxy groups -OCH3 is 1. The quantitative estimate of drug-likeness (QED) is 0.793. The number of benzene rings is 2. The maximum absolute atomic E-state index is 12.9. The van der Waals surface area contributed by atoms with E-state index >= 15 is 0 Å². The van der Waals surface area contributed by atoms with E-state index in [2.05, 4.69) is 4.90 Å². The Labute approximate surface area is 170 Å². The van der Waals surface area contributed by atoms with Crippen molar-refractivity contribution in [2.45, 2.75) is 6.92 Å². The van der Waals surface area contributed by atoms with Crippen molar-refractivity contribution < 1.29 is 19.1 Å². The average molecular weight is 395 g/mol. The monoisotopic (exact) mass is 395 g/mol. The molecule has 2 aromatic carbocycles. The van der Waals surface area contributed by atoms with E-state index in [-0.39, 0.29) is 25.0 Å². The number of fused-ring (bicyclic) bond motifs is 1. The van der Waals surface area contributed by atoms with Gasteiger partial charge in [0.25, 0.3) is 5.91 Å². The first kappa shape index (κ1) is 19.1. The van der Waals surface area contributed by atoms with Crippen molar-refractivity contribution in [1.82, 2.24) is 4.90 Å². The fraction of sp³-hybridized carbons (Fsp3) is 0.364. The van der Waals surface area contributed by atoms with Crippen molar-refractivity contribution in [3.63, 3.8) is 0 Å². The van der Waals surface area contributed by atoms with Gasteiger partial charge in [0.05, 0.1) is 18.5 Å². The minimum absolute atomic E-state index is 0.0346. The zero-order valence-electron chi connectivity index (χ0n) is 16.8. The molecule has 7 heteroatoms. The molecule has 0 aliphatic carbocycles. The van der Waals surface area contributed by atoms with Gasteiger partial charge in [0.15, 0.2) is 6.61 Å². The summed E-state index contributed by atoms with van der Waals surface area (Å²) in [5.41, 5.74) is 2.75. The molecule has 2 heterocycles. The Balaban J connectivity index is 1.41. The van der Waals surface area contributed by atoms with Gasteiger partial charge in [-0.05, 0) is 36.8 Å². The van der Waals surface area contributed by atoms with Crippen molar-refractivity contribution in [3.8, 4) is 11.5 Å². The second-order valence-corrected chi connectivity index (χ2v) is 7.28. The number of piperazine rings is 1. The van der Waals surface area contributed by atoms with Crippen molar-refractivity contribution in [3.05, 3.63) is 48.0 Å². The molecule has 152 valence electrons. The predicted molar refractivity (Wildman–Crippen MR) is 111 cm³/mol. The van der Waals surface area contributed by atoms with Crippen LogP contribution in [0.5, 0.6) is 11.5 Å². The summed E-state index contributed by atoms with van der Waals surface area (Å²) < 4.78 is 11.0. The Morgan fingerprint density at radius 2 is 1.83 bits per heavy atom. The number of amides is 2. The molecular weight excluding hydrogens is 370 g/mol. The Morgan fingerprint density at radius 1 is 1.07 bits per heavy atom. The Hall–Kier alpha value is -3.22. The number of hydrogen-bond donors (Lipinski definition) is 0. The first-order valence-corrected chi connectivity index (χ1v) is 9.76. The Morgan fingerprint density at radius 3 is 2.59 bits per heavy atom. The van der Waals surface area contributed by atoms with Crippen LogP contribution in [0.25, 0.3) is 0 Å². The highest BCUT2D eigenvalue weighted by Crippen LogP contribution is 2.33. The normalized spacial score (nSPS) is 16.3. The highest BCUT2D eigenvalue weighted by Gasteiger charge is 2.30. The smallest absolute Gasteiger partial charge is 0.265 e. The maximum atomic E-state index is 12.9. The Kier molecular flexibility index (Phi) is 5.29.